The Morgan fingerprint density at radius 1 is 0.883 bits per heavy atom. The van der Waals surface area contributed by atoms with Crippen molar-refractivity contribution in [3.63, 3.8) is 0 Å². The molecule has 5 aliphatic rings. The summed E-state index contributed by atoms with van der Waals surface area (Å²) >= 11 is 3.54. The first-order valence-corrected chi connectivity index (χ1v) is 21.8. The normalized spacial score (nSPS) is 21.4. The molecule has 17 nitrogen and oxygen atoms in total. The van der Waals surface area contributed by atoms with E-state index in [-0.39, 0.29) is 30.6 Å². The van der Waals surface area contributed by atoms with E-state index in [1.807, 2.05) is 18.3 Å². The molecule has 1 unspecified atom stereocenters. The van der Waals surface area contributed by atoms with Crippen LogP contribution in [0.3, 0.4) is 0 Å². The lowest BCUT2D eigenvalue weighted by atomic mass is 10.0. The number of imide groups is 2. The summed E-state index contributed by atoms with van der Waals surface area (Å²) in [4.78, 5) is 75.8. The van der Waals surface area contributed by atoms with E-state index in [0.29, 0.717) is 40.2 Å². The van der Waals surface area contributed by atoms with Crippen LogP contribution >= 0.6 is 15.9 Å². The summed E-state index contributed by atoms with van der Waals surface area (Å²) in [7, 11) is 1.77. The highest BCUT2D eigenvalue weighted by Crippen LogP contribution is 2.35. The van der Waals surface area contributed by atoms with Gasteiger partial charge in [0.05, 0.1) is 28.1 Å². The fourth-order valence-electron chi connectivity index (χ4n) is 9.39. The summed E-state index contributed by atoms with van der Waals surface area (Å²) < 4.78 is 8.17. The number of nitrogens with one attached hydrogen (secondary N) is 2. The molecular formula is C42H51BrN12O5. The maximum Gasteiger partial charge on any atom is 0.263 e. The Bertz CT molecular complexity index is 2310. The van der Waals surface area contributed by atoms with Crippen molar-refractivity contribution < 1.29 is 23.9 Å². The van der Waals surface area contributed by atoms with Crippen LogP contribution in [0.5, 0.6) is 0 Å². The lowest BCUT2D eigenvalue weighted by Gasteiger charge is -2.43. The van der Waals surface area contributed by atoms with Crippen LogP contribution in [0.1, 0.15) is 84.7 Å². The van der Waals surface area contributed by atoms with Crippen molar-refractivity contribution in [1.29, 1.82) is 0 Å². The maximum absolute atomic E-state index is 13.5. The molecule has 18 heteroatoms. The number of ether oxygens (including phenoxy) is 1. The summed E-state index contributed by atoms with van der Waals surface area (Å²) in [6.45, 7) is 12.2. The second kappa shape index (κ2) is 16.8. The summed E-state index contributed by atoms with van der Waals surface area (Å²) in [6.07, 6.45) is 8.22. The first-order chi connectivity index (χ1) is 29.0. The molecule has 4 amide bonds. The molecule has 0 saturated carbocycles. The van der Waals surface area contributed by atoms with Gasteiger partial charge in [-0.25, -0.2) is 9.97 Å². The van der Waals surface area contributed by atoms with Crippen molar-refractivity contribution in [2.24, 2.45) is 0 Å². The highest BCUT2D eigenvalue weighted by Gasteiger charge is 2.46. The number of fused-ring (bicyclic) bond motifs is 2. The average molecular weight is 884 g/mol. The summed E-state index contributed by atoms with van der Waals surface area (Å²) in [5.41, 5.74) is 2.53. The lowest BCUT2D eigenvalue weighted by molar-refractivity contribution is -0.136. The van der Waals surface area contributed by atoms with Crippen LogP contribution in [0.15, 0.2) is 41.1 Å². The highest BCUT2D eigenvalue weighted by atomic mass is 79.9. The zero-order valence-electron chi connectivity index (χ0n) is 34.3. The first kappa shape index (κ1) is 40.4. The smallest absolute Gasteiger partial charge is 0.263 e. The van der Waals surface area contributed by atoms with Crippen LogP contribution in [0.4, 0.5) is 23.4 Å². The van der Waals surface area contributed by atoms with Gasteiger partial charge >= 0.3 is 0 Å². The highest BCUT2D eigenvalue weighted by molar-refractivity contribution is 9.10. The SMILES string of the molecule is COC1CCN(c2nccc(Nc3cc4c(cn3)c(N3CCC(N5CCN(Cc6cc(Br)c7c(c6)C(=O)N(C6CCC(=O)NC6=O)C7=O)CC5)CC3)nn4C(C)C)n2)CC1. The molecule has 4 fully saturated rings. The standard InChI is InChI=1S/C42H51BrN12O5/c1-25(2)55-33-22-35(46-34-6-11-44-42(47-34)53-14-9-28(60-3)10-15-53)45-23-30(33)38(49-55)52-12-7-27(8-13-52)51-18-16-50(17-19-51)24-26-20-29-37(31(43)21-26)41(59)54(40(29)58)32-4-5-36(56)48-39(32)57/h6,11,20-23,25,27-28,32H,4-5,7-10,12-19,24H2,1-3H3,(H,48,56,57)(H,44,45,46,47). The number of benzene rings is 1. The van der Waals surface area contributed by atoms with E-state index in [1.54, 1.807) is 19.4 Å². The molecule has 4 aromatic rings. The van der Waals surface area contributed by atoms with Gasteiger partial charge in [0.15, 0.2) is 5.82 Å². The Kier molecular flexibility index (Phi) is 11.3. The van der Waals surface area contributed by atoms with Crippen LogP contribution in [-0.4, -0.2) is 141 Å². The Morgan fingerprint density at radius 2 is 1.63 bits per heavy atom. The lowest BCUT2D eigenvalue weighted by Crippen LogP contribution is -2.54. The number of methoxy groups -OCH3 is 1. The van der Waals surface area contributed by atoms with E-state index >= 15 is 0 Å². The van der Waals surface area contributed by atoms with Gasteiger partial charge in [0.25, 0.3) is 11.8 Å². The van der Waals surface area contributed by atoms with Crippen molar-refractivity contribution in [2.45, 2.75) is 83.1 Å². The molecule has 5 aliphatic heterocycles. The molecule has 1 aromatic carbocycles. The van der Waals surface area contributed by atoms with Gasteiger partial charge in [0, 0.05) is 107 Å². The van der Waals surface area contributed by atoms with Crippen LogP contribution in [0, 0.1) is 0 Å². The largest absolute Gasteiger partial charge is 0.381 e. The van der Waals surface area contributed by atoms with Gasteiger partial charge in [-0.3, -0.25) is 43.9 Å². The third kappa shape index (κ3) is 7.85. The molecule has 0 aliphatic carbocycles. The third-order valence-corrected chi connectivity index (χ3v) is 13.3. The number of nitrogens with zero attached hydrogens (tertiary/aromatic N) is 10. The number of piperidine rings is 3. The minimum atomic E-state index is -0.990. The van der Waals surface area contributed by atoms with Crippen molar-refractivity contribution in [3.8, 4) is 0 Å². The molecule has 60 heavy (non-hydrogen) atoms. The first-order valence-electron chi connectivity index (χ1n) is 21.1. The van der Waals surface area contributed by atoms with Crippen molar-refractivity contribution in [3.05, 3.63) is 57.8 Å². The second-order valence-electron chi connectivity index (χ2n) is 16.7. The van der Waals surface area contributed by atoms with E-state index in [9.17, 15) is 19.2 Å². The minimum absolute atomic E-state index is 0.0863. The zero-order valence-corrected chi connectivity index (χ0v) is 35.9. The van der Waals surface area contributed by atoms with E-state index in [4.69, 9.17) is 19.8 Å². The molecule has 2 N–H and O–H groups in total. The van der Waals surface area contributed by atoms with Gasteiger partial charge in [-0.1, -0.05) is 0 Å². The van der Waals surface area contributed by atoms with Crippen LogP contribution in [0.2, 0.25) is 0 Å². The van der Waals surface area contributed by atoms with Crippen LogP contribution in [0.25, 0.3) is 10.9 Å². The zero-order chi connectivity index (χ0) is 41.7. The minimum Gasteiger partial charge on any atom is -0.381 e. The molecule has 0 radical (unpaired) electrons. The fourth-order valence-corrected chi connectivity index (χ4v) is 10.1. The second-order valence-corrected chi connectivity index (χ2v) is 17.6. The molecular weight excluding hydrogens is 832 g/mol. The predicted octanol–water partition coefficient (Wildman–Crippen LogP) is 4.11. The average Bonchev–Trinajstić information content (AvgIpc) is 3.75. The van der Waals surface area contributed by atoms with E-state index < -0.39 is 29.7 Å². The number of hydrogen-bond donors (Lipinski definition) is 2. The predicted molar refractivity (Wildman–Crippen MR) is 228 cm³/mol. The molecule has 8 heterocycles. The Balaban J connectivity index is 0.800. The Morgan fingerprint density at radius 3 is 2.35 bits per heavy atom. The molecule has 3 aromatic heterocycles. The monoisotopic (exact) mass is 882 g/mol. The van der Waals surface area contributed by atoms with E-state index in [0.717, 1.165) is 105 Å². The molecule has 1 atom stereocenters. The van der Waals surface area contributed by atoms with Gasteiger partial charge in [-0.05, 0) is 85.6 Å². The third-order valence-electron chi connectivity index (χ3n) is 12.7. The molecule has 0 bridgehead atoms. The van der Waals surface area contributed by atoms with Crippen molar-refractivity contribution >= 4 is 73.9 Å². The van der Waals surface area contributed by atoms with Crippen molar-refractivity contribution in [2.75, 3.05) is 74.6 Å². The summed E-state index contributed by atoms with van der Waals surface area (Å²) in [6, 6.07) is 7.28. The number of aromatic nitrogens is 5. The summed E-state index contributed by atoms with van der Waals surface area (Å²) in [5.74, 6) is 1.09. The van der Waals surface area contributed by atoms with Gasteiger partial charge < -0.3 is 19.9 Å². The fraction of sp³-hybridized carbons (Fsp3) is 0.524. The molecule has 4 saturated heterocycles. The number of hydrogen-bond acceptors (Lipinski definition) is 14. The molecule has 0 spiro atoms. The number of carbonyl (C=O) groups is 4. The van der Waals surface area contributed by atoms with Crippen LogP contribution < -0.4 is 20.4 Å². The van der Waals surface area contributed by atoms with Gasteiger partial charge in [-0.15, -0.1) is 0 Å². The number of halogens is 1. The number of rotatable bonds is 10. The Labute approximate surface area is 356 Å². The van der Waals surface area contributed by atoms with Gasteiger partial charge in [-0.2, -0.15) is 10.1 Å². The number of anilines is 4. The topological polar surface area (TPSA) is 174 Å². The quantitative estimate of drug-likeness (QED) is 0.218. The number of piperazine rings is 1. The molecule has 9 rings (SSSR count). The number of amides is 4. The number of pyridine rings is 1. The van der Waals surface area contributed by atoms with E-state index in [1.165, 1.54) is 0 Å². The van der Waals surface area contributed by atoms with Gasteiger partial charge in [0.2, 0.25) is 17.8 Å². The van der Waals surface area contributed by atoms with Gasteiger partial charge in [0.1, 0.15) is 17.7 Å². The van der Waals surface area contributed by atoms with Crippen molar-refractivity contribution in [1.82, 2.24) is 44.7 Å². The van der Waals surface area contributed by atoms with E-state index in [2.05, 4.69) is 75.7 Å². The maximum atomic E-state index is 13.5. The Hall–Kier alpha value is -5.04. The molecule has 316 valence electrons. The van der Waals surface area contributed by atoms with Crippen LogP contribution in [-0.2, 0) is 20.9 Å². The summed E-state index contributed by atoms with van der Waals surface area (Å²) in [5, 5.41) is 11.9. The number of carbonyl (C=O) groups excluding carboxylic acids is 4.